The van der Waals surface area contributed by atoms with Crippen molar-refractivity contribution in [3.8, 4) is 5.75 Å². The van der Waals surface area contributed by atoms with Gasteiger partial charge in [-0.2, -0.15) is 0 Å². The lowest BCUT2D eigenvalue weighted by atomic mass is 10.1. The number of carbonyl (C=O) groups is 1. The molecule has 0 saturated carbocycles. The van der Waals surface area contributed by atoms with Crippen molar-refractivity contribution >= 4 is 33.0 Å². The third kappa shape index (κ3) is 5.58. The van der Waals surface area contributed by atoms with Crippen LogP contribution in [-0.2, 0) is 10.0 Å². The predicted octanol–water partition coefficient (Wildman–Crippen LogP) is 3.97. The Labute approximate surface area is 174 Å². The molecule has 152 valence electrons. The van der Waals surface area contributed by atoms with Gasteiger partial charge < -0.3 is 10.1 Å². The van der Waals surface area contributed by atoms with Gasteiger partial charge in [0.15, 0.2) is 0 Å². The highest BCUT2D eigenvalue weighted by atomic mass is 32.2. The number of sulfonamides is 1. The topological polar surface area (TPSA) is 84.5 Å². The molecule has 0 aliphatic heterocycles. The monoisotopic (exact) mass is 430 g/mol. The number of rotatable bonds is 8. The van der Waals surface area contributed by atoms with Crippen LogP contribution in [-0.4, -0.2) is 27.5 Å². The van der Waals surface area contributed by atoms with E-state index in [1.54, 1.807) is 35.7 Å². The van der Waals surface area contributed by atoms with Gasteiger partial charge in [-0.1, -0.05) is 18.2 Å². The zero-order chi connectivity index (χ0) is 20.9. The van der Waals surface area contributed by atoms with Gasteiger partial charge in [-0.25, -0.2) is 8.42 Å². The van der Waals surface area contributed by atoms with Crippen molar-refractivity contribution in [2.75, 3.05) is 17.9 Å². The molecule has 0 radical (unpaired) electrons. The fourth-order valence-corrected chi connectivity index (χ4v) is 4.65. The SMILES string of the molecule is Cc1ccc(C)c(OCCNC(=O)c2ccc(NS(=O)(=O)c3cccs3)cc2)c1. The number of carbonyl (C=O) groups excluding carboxylic acids is 1. The van der Waals surface area contributed by atoms with Gasteiger partial charge in [-0.15, -0.1) is 11.3 Å². The zero-order valence-corrected chi connectivity index (χ0v) is 17.8. The van der Waals surface area contributed by atoms with Crippen molar-refractivity contribution in [2.45, 2.75) is 18.1 Å². The molecule has 2 aromatic carbocycles. The van der Waals surface area contributed by atoms with Crippen LogP contribution in [0.3, 0.4) is 0 Å². The summed E-state index contributed by atoms with van der Waals surface area (Å²) in [5.41, 5.74) is 3.00. The Morgan fingerprint density at radius 1 is 1.07 bits per heavy atom. The summed E-state index contributed by atoms with van der Waals surface area (Å²) in [5.74, 6) is 0.559. The van der Waals surface area contributed by atoms with Crippen molar-refractivity contribution in [2.24, 2.45) is 0 Å². The lowest BCUT2D eigenvalue weighted by Gasteiger charge is -2.11. The molecule has 0 fully saturated rings. The van der Waals surface area contributed by atoms with Crippen LogP contribution in [0.5, 0.6) is 5.75 Å². The molecule has 1 aromatic heterocycles. The van der Waals surface area contributed by atoms with E-state index in [2.05, 4.69) is 10.0 Å². The predicted molar refractivity (Wildman–Crippen MR) is 115 cm³/mol. The quantitative estimate of drug-likeness (QED) is 0.530. The molecule has 3 aromatic rings. The van der Waals surface area contributed by atoms with Gasteiger partial charge in [0, 0.05) is 11.3 Å². The number of hydrogen-bond acceptors (Lipinski definition) is 5. The van der Waals surface area contributed by atoms with Crippen LogP contribution in [0.2, 0.25) is 0 Å². The van der Waals surface area contributed by atoms with Gasteiger partial charge in [0.2, 0.25) is 0 Å². The minimum atomic E-state index is -3.60. The molecule has 29 heavy (non-hydrogen) atoms. The maximum absolute atomic E-state index is 12.3. The first-order valence-electron chi connectivity index (χ1n) is 9.00. The fourth-order valence-electron chi connectivity index (χ4n) is 2.60. The summed E-state index contributed by atoms with van der Waals surface area (Å²) in [5, 5.41) is 4.49. The van der Waals surface area contributed by atoms with Crippen LogP contribution in [0.25, 0.3) is 0 Å². The molecule has 2 N–H and O–H groups in total. The number of amides is 1. The van der Waals surface area contributed by atoms with E-state index in [1.807, 2.05) is 32.0 Å². The first-order valence-corrected chi connectivity index (χ1v) is 11.4. The Morgan fingerprint density at radius 2 is 1.83 bits per heavy atom. The molecule has 6 nitrogen and oxygen atoms in total. The Bertz CT molecular complexity index is 1080. The molecule has 0 saturated heterocycles. The van der Waals surface area contributed by atoms with E-state index in [4.69, 9.17) is 4.74 Å². The minimum absolute atomic E-state index is 0.239. The summed E-state index contributed by atoms with van der Waals surface area (Å²) in [4.78, 5) is 12.3. The second-order valence-electron chi connectivity index (χ2n) is 6.49. The molecule has 1 heterocycles. The molecule has 0 unspecified atom stereocenters. The van der Waals surface area contributed by atoms with Crippen LogP contribution in [0, 0.1) is 13.8 Å². The second kappa shape index (κ2) is 9.11. The van der Waals surface area contributed by atoms with E-state index < -0.39 is 10.0 Å². The number of benzene rings is 2. The Kier molecular flexibility index (Phi) is 6.56. The van der Waals surface area contributed by atoms with Crippen LogP contribution in [0.4, 0.5) is 5.69 Å². The van der Waals surface area contributed by atoms with Gasteiger partial charge in [0.05, 0.1) is 6.54 Å². The van der Waals surface area contributed by atoms with Crippen molar-refractivity contribution in [3.63, 3.8) is 0 Å². The van der Waals surface area contributed by atoms with Gasteiger partial charge in [0.1, 0.15) is 16.6 Å². The molecule has 3 rings (SSSR count). The highest BCUT2D eigenvalue weighted by Gasteiger charge is 2.15. The third-order valence-corrected chi connectivity index (χ3v) is 6.93. The smallest absolute Gasteiger partial charge is 0.271 e. The van der Waals surface area contributed by atoms with Gasteiger partial charge >= 0.3 is 0 Å². The van der Waals surface area contributed by atoms with Crippen LogP contribution in [0.1, 0.15) is 21.5 Å². The van der Waals surface area contributed by atoms with Gasteiger partial charge in [0.25, 0.3) is 15.9 Å². The first kappa shape index (κ1) is 20.9. The van der Waals surface area contributed by atoms with Crippen LogP contribution in [0.15, 0.2) is 64.2 Å². The van der Waals surface area contributed by atoms with Crippen molar-refractivity contribution in [1.29, 1.82) is 0 Å². The van der Waals surface area contributed by atoms with Gasteiger partial charge in [-0.05, 0) is 66.8 Å². The van der Waals surface area contributed by atoms with Crippen molar-refractivity contribution in [1.82, 2.24) is 5.32 Å². The van der Waals surface area contributed by atoms with Crippen molar-refractivity contribution in [3.05, 3.63) is 76.7 Å². The standard InChI is InChI=1S/C21H22N2O4S2/c1-15-5-6-16(2)19(14-15)27-12-11-22-21(24)17-7-9-18(10-8-17)23-29(25,26)20-4-3-13-28-20/h3-10,13-14,23H,11-12H2,1-2H3,(H,22,24). The Morgan fingerprint density at radius 3 is 2.52 bits per heavy atom. The van der Waals surface area contributed by atoms with E-state index >= 15 is 0 Å². The highest BCUT2D eigenvalue weighted by molar-refractivity contribution is 7.94. The number of hydrogen-bond donors (Lipinski definition) is 2. The number of ether oxygens (including phenoxy) is 1. The maximum Gasteiger partial charge on any atom is 0.271 e. The summed E-state index contributed by atoms with van der Waals surface area (Å²) in [6.45, 7) is 4.69. The summed E-state index contributed by atoms with van der Waals surface area (Å²) >= 11 is 1.14. The summed E-state index contributed by atoms with van der Waals surface area (Å²) in [6.07, 6.45) is 0. The number of aryl methyl sites for hydroxylation is 2. The summed E-state index contributed by atoms with van der Waals surface area (Å²) in [6, 6.07) is 15.5. The molecule has 0 aliphatic carbocycles. The molecular formula is C21H22N2O4S2. The highest BCUT2D eigenvalue weighted by Crippen LogP contribution is 2.21. The van der Waals surface area contributed by atoms with E-state index in [1.165, 1.54) is 6.07 Å². The molecule has 0 bridgehead atoms. The fraction of sp³-hybridized carbons (Fsp3) is 0.190. The third-order valence-electron chi connectivity index (χ3n) is 4.15. The lowest BCUT2D eigenvalue weighted by Crippen LogP contribution is -2.28. The molecule has 8 heteroatoms. The zero-order valence-electron chi connectivity index (χ0n) is 16.1. The molecule has 1 amide bonds. The van der Waals surface area contributed by atoms with E-state index in [-0.39, 0.29) is 10.1 Å². The molecule has 0 atom stereocenters. The van der Waals surface area contributed by atoms with Crippen LogP contribution >= 0.6 is 11.3 Å². The van der Waals surface area contributed by atoms with Crippen molar-refractivity contribution < 1.29 is 17.9 Å². The Balaban J connectivity index is 1.51. The van der Waals surface area contributed by atoms with E-state index in [9.17, 15) is 13.2 Å². The van der Waals surface area contributed by atoms with E-state index in [0.717, 1.165) is 28.2 Å². The van der Waals surface area contributed by atoms with E-state index in [0.29, 0.717) is 24.4 Å². The summed E-state index contributed by atoms with van der Waals surface area (Å²) < 4.78 is 32.9. The number of thiophene rings is 1. The Hall–Kier alpha value is -2.84. The number of anilines is 1. The average Bonchev–Trinajstić information content (AvgIpc) is 3.24. The molecule has 0 aliphatic rings. The minimum Gasteiger partial charge on any atom is -0.491 e. The largest absolute Gasteiger partial charge is 0.491 e. The number of nitrogens with one attached hydrogen (secondary N) is 2. The van der Waals surface area contributed by atoms with Gasteiger partial charge in [-0.3, -0.25) is 9.52 Å². The average molecular weight is 431 g/mol. The summed E-state index contributed by atoms with van der Waals surface area (Å²) in [7, 11) is -3.60. The normalized spacial score (nSPS) is 11.1. The maximum atomic E-state index is 12.3. The van der Waals surface area contributed by atoms with Crippen LogP contribution < -0.4 is 14.8 Å². The molecular weight excluding hydrogens is 408 g/mol. The lowest BCUT2D eigenvalue weighted by molar-refractivity contribution is 0.0947. The molecule has 0 spiro atoms. The second-order valence-corrected chi connectivity index (χ2v) is 9.35. The first-order chi connectivity index (χ1) is 13.8.